The molecular weight excluding hydrogens is 318 g/mol. The molecule has 3 saturated heterocycles. The normalized spacial score (nSPS) is 48.6. The quantitative estimate of drug-likeness (QED) is 0.765. The van der Waals surface area contributed by atoms with Crippen molar-refractivity contribution in [2.75, 3.05) is 0 Å². The highest BCUT2D eigenvalue weighted by atomic mass is 16.8. The Hall–Kier alpha value is -0.670. The first-order chi connectivity index (χ1) is 12.1. The van der Waals surface area contributed by atoms with E-state index in [2.05, 4.69) is 6.07 Å². The first kappa shape index (κ1) is 16.5. The topological polar surface area (TPSA) is 60.7 Å². The van der Waals surface area contributed by atoms with Crippen LogP contribution >= 0.6 is 0 Å². The minimum atomic E-state index is -0.350. The van der Waals surface area contributed by atoms with Crippen LogP contribution in [0.5, 0.6) is 0 Å². The van der Waals surface area contributed by atoms with Gasteiger partial charge in [0.1, 0.15) is 6.10 Å². The monoisotopic (exact) mass is 347 g/mol. The second-order valence-electron chi connectivity index (χ2n) is 8.93. The Balaban J connectivity index is 1.33. The van der Waals surface area contributed by atoms with Crippen molar-refractivity contribution in [3.8, 4) is 6.07 Å². The molecule has 25 heavy (non-hydrogen) atoms. The molecule has 5 heteroatoms. The lowest BCUT2D eigenvalue weighted by Crippen LogP contribution is -2.53. The van der Waals surface area contributed by atoms with E-state index in [4.69, 9.17) is 24.2 Å². The molecule has 7 atom stereocenters. The predicted molar refractivity (Wildman–Crippen MR) is 89.7 cm³/mol. The van der Waals surface area contributed by atoms with Gasteiger partial charge in [0.05, 0.1) is 36.1 Å². The average Bonchev–Trinajstić information content (AvgIpc) is 3.11. The van der Waals surface area contributed by atoms with E-state index in [0.29, 0.717) is 0 Å². The summed E-state index contributed by atoms with van der Waals surface area (Å²) in [7, 11) is 0. The minimum Gasteiger partial charge on any atom is -0.369 e. The number of rotatable bonds is 2. The summed E-state index contributed by atoms with van der Waals surface area (Å²) < 4.78 is 26.0. The van der Waals surface area contributed by atoms with E-state index in [-0.39, 0.29) is 47.8 Å². The van der Waals surface area contributed by atoms with Crippen LogP contribution in [0.1, 0.15) is 71.1 Å². The Bertz CT molecular complexity index is 569. The van der Waals surface area contributed by atoms with Gasteiger partial charge >= 0.3 is 0 Å². The molecule has 3 heterocycles. The summed E-state index contributed by atoms with van der Waals surface area (Å²) in [4.78, 5) is 0. The summed E-state index contributed by atoms with van der Waals surface area (Å²) in [6.07, 6.45) is 11.0. The van der Waals surface area contributed by atoms with Crippen molar-refractivity contribution in [2.24, 2.45) is 5.92 Å². The first-order valence-corrected chi connectivity index (χ1v) is 10.2. The van der Waals surface area contributed by atoms with E-state index in [0.717, 1.165) is 44.9 Å². The number of fused-ring (bicyclic) bond motifs is 3. The van der Waals surface area contributed by atoms with Crippen LogP contribution in [0.25, 0.3) is 0 Å². The van der Waals surface area contributed by atoms with E-state index < -0.39 is 0 Å². The Morgan fingerprint density at radius 1 is 1.04 bits per heavy atom. The van der Waals surface area contributed by atoms with Crippen molar-refractivity contribution in [1.29, 1.82) is 5.26 Å². The van der Waals surface area contributed by atoms with Crippen LogP contribution in [0.4, 0.5) is 0 Å². The standard InChI is InChI=1S/C20H29NO4/c1-13(12-21)9-14-5-6-17-19(23-14)10-15(22-17)18-16(11-19)24-20(25-18)7-3-2-4-8-20/h13-18H,2-11H2,1H3/t13?,14?,15-,16-,17+,18+,19?/m1/s1. The summed E-state index contributed by atoms with van der Waals surface area (Å²) in [5.74, 6) is -0.305. The number of ether oxygens (including phenoxy) is 4. The van der Waals surface area contributed by atoms with Gasteiger partial charge in [0, 0.05) is 31.6 Å². The van der Waals surface area contributed by atoms with E-state index in [1.807, 2.05) is 6.92 Å². The van der Waals surface area contributed by atoms with Crippen LogP contribution in [-0.2, 0) is 18.9 Å². The lowest BCUT2D eigenvalue weighted by atomic mass is 9.76. The van der Waals surface area contributed by atoms with Gasteiger partial charge in [-0.25, -0.2) is 0 Å². The van der Waals surface area contributed by atoms with Gasteiger partial charge in [0.25, 0.3) is 0 Å². The third-order valence-electron chi connectivity index (χ3n) is 7.07. The molecule has 0 radical (unpaired) electrons. The van der Waals surface area contributed by atoms with Gasteiger partial charge in [-0.3, -0.25) is 0 Å². The highest BCUT2D eigenvalue weighted by Gasteiger charge is 2.65. The summed E-state index contributed by atoms with van der Waals surface area (Å²) in [5.41, 5.74) is -0.215. The molecule has 0 aromatic carbocycles. The summed E-state index contributed by atoms with van der Waals surface area (Å²) in [6.45, 7) is 1.98. The molecule has 0 aromatic rings. The molecule has 138 valence electrons. The van der Waals surface area contributed by atoms with Gasteiger partial charge in [-0.2, -0.15) is 5.26 Å². The molecule has 3 aliphatic heterocycles. The van der Waals surface area contributed by atoms with Crippen LogP contribution in [-0.4, -0.2) is 41.9 Å². The minimum absolute atomic E-state index is 0.0454. The molecule has 0 amide bonds. The number of nitriles is 1. The zero-order valence-electron chi connectivity index (χ0n) is 15.1. The smallest absolute Gasteiger partial charge is 0.169 e. The van der Waals surface area contributed by atoms with Gasteiger partial charge in [0.15, 0.2) is 5.79 Å². The Labute approximate surface area is 149 Å². The van der Waals surface area contributed by atoms with Crippen LogP contribution in [0.2, 0.25) is 0 Å². The SMILES string of the molecule is CC(C#N)CC1CC[C@@H]2O[C@@H]3CC2(C[C@H]2OC4(CCCCC4)O[C@@H]32)O1. The van der Waals surface area contributed by atoms with Crippen molar-refractivity contribution in [3.05, 3.63) is 0 Å². The fourth-order valence-electron chi connectivity index (χ4n) is 5.94. The van der Waals surface area contributed by atoms with Crippen LogP contribution in [0.15, 0.2) is 0 Å². The Kier molecular flexibility index (Phi) is 3.91. The van der Waals surface area contributed by atoms with Gasteiger partial charge in [-0.1, -0.05) is 6.42 Å². The number of hydrogen-bond donors (Lipinski definition) is 0. The second-order valence-corrected chi connectivity index (χ2v) is 8.93. The molecule has 2 aliphatic carbocycles. The third-order valence-corrected chi connectivity index (χ3v) is 7.07. The maximum atomic E-state index is 9.12. The molecule has 0 N–H and O–H groups in total. The third kappa shape index (κ3) is 2.65. The van der Waals surface area contributed by atoms with Crippen LogP contribution in [0, 0.1) is 17.2 Å². The van der Waals surface area contributed by atoms with Gasteiger partial charge in [-0.05, 0) is 39.0 Å². The molecule has 5 nitrogen and oxygen atoms in total. The second kappa shape index (κ2) is 5.92. The van der Waals surface area contributed by atoms with Crippen molar-refractivity contribution in [2.45, 2.75) is 113 Å². The van der Waals surface area contributed by atoms with E-state index >= 15 is 0 Å². The summed E-state index contributed by atoms with van der Waals surface area (Å²) in [6, 6.07) is 2.35. The van der Waals surface area contributed by atoms with Crippen molar-refractivity contribution >= 4 is 0 Å². The van der Waals surface area contributed by atoms with Crippen molar-refractivity contribution in [3.63, 3.8) is 0 Å². The highest BCUT2D eigenvalue weighted by molar-refractivity contribution is 5.12. The predicted octanol–water partition coefficient (Wildman–Crippen LogP) is 3.46. The van der Waals surface area contributed by atoms with Crippen molar-refractivity contribution in [1.82, 2.24) is 0 Å². The number of nitrogens with zero attached hydrogens (tertiary/aromatic N) is 1. The fourth-order valence-corrected chi connectivity index (χ4v) is 5.94. The molecule has 2 saturated carbocycles. The molecule has 0 aromatic heterocycles. The summed E-state index contributed by atoms with van der Waals surface area (Å²) >= 11 is 0. The van der Waals surface area contributed by atoms with E-state index in [9.17, 15) is 0 Å². The first-order valence-electron chi connectivity index (χ1n) is 10.2. The number of hydrogen-bond acceptors (Lipinski definition) is 5. The summed E-state index contributed by atoms with van der Waals surface area (Å²) in [5, 5.41) is 9.12. The lowest BCUT2D eigenvalue weighted by molar-refractivity contribution is -0.216. The van der Waals surface area contributed by atoms with Gasteiger partial charge in [-0.15, -0.1) is 0 Å². The maximum absolute atomic E-state index is 9.12. The van der Waals surface area contributed by atoms with E-state index in [1.54, 1.807) is 0 Å². The zero-order valence-corrected chi connectivity index (χ0v) is 15.1. The Morgan fingerprint density at radius 3 is 2.64 bits per heavy atom. The molecule has 2 bridgehead atoms. The fraction of sp³-hybridized carbons (Fsp3) is 0.950. The van der Waals surface area contributed by atoms with Crippen molar-refractivity contribution < 1.29 is 18.9 Å². The molecular formula is C20H29NO4. The molecule has 3 unspecified atom stereocenters. The average molecular weight is 347 g/mol. The van der Waals surface area contributed by atoms with Gasteiger partial charge in [0.2, 0.25) is 0 Å². The van der Waals surface area contributed by atoms with Gasteiger partial charge < -0.3 is 18.9 Å². The highest BCUT2D eigenvalue weighted by Crippen LogP contribution is 2.55. The lowest BCUT2D eigenvalue weighted by Gasteiger charge is -2.44. The zero-order chi connectivity index (χ0) is 17.1. The van der Waals surface area contributed by atoms with Crippen LogP contribution < -0.4 is 0 Å². The molecule has 2 spiro atoms. The molecule has 5 fully saturated rings. The largest absolute Gasteiger partial charge is 0.369 e. The molecule has 5 aliphatic rings. The molecule has 5 rings (SSSR count). The Morgan fingerprint density at radius 2 is 1.84 bits per heavy atom. The van der Waals surface area contributed by atoms with E-state index in [1.165, 1.54) is 19.3 Å². The van der Waals surface area contributed by atoms with Crippen LogP contribution in [0.3, 0.4) is 0 Å². The maximum Gasteiger partial charge on any atom is 0.169 e.